The van der Waals surface area contributed by atoms with E-state index in [0.29, 0.717) is 5.75 Å². The summed E-state index contributed by atoms with van der Waals surface area (Å²) in [5.41, 5.74) is 2.95. The van der Waals surface area contributed by atoms with Gasteiger partial charge >= 0.3 is 5.97 Å². The number of aryl methyl sites for hydroxylation is 1. The van der Waals surface area contributed by atoms with Gasteiger partial charge < -0.3 is 4.74 Å². The van der Waals surface area contributed by atoms with Crippen molar-refractivity contribution in [2.45, 2.75) is 13.8 Å². The number of rotatable bonds is 2. The van der Waals surface area contributed by atoms with Gasteiger partial charge in [-0.3, -0.25) is 4.79 Å². The van der Waals surface area contributed by atoms with E-state index in [0.717, 1.165) is 16.7 Å². The Bertz CT molecular complexity index is 530. The van der Waals surface area contributed by atoms with Gasteiger partial charge in [0.25, 0.3) is 0 Å². The fourth-order valence-electron chi connectivity index (χ4n) is 1.78. The summed E-state index contributed by atoms with van der Waals surface area (Å²) >= 11 is 0. The zero-order valence-corrected chi connectivity index (χ0v) is 9.94. The molecule has 2 rings (SSSR count). The lowest BCUT2D eigenvalue weighted by molar-refractivity contribution is -0.131. The highest BCUT2D eigenvalue weighted by Gasteiger charge is 2.10. The molecule has 0 bridgehead atoms. The van der Waals surface area contributed by atoms with Crippen LogP contribution >= 0.6 is 0 Å². The van der Waals surface area contributed by atoms with Crippen molar-refractivity contribution in [3.8, 4) is 16.9 Å². The average molecular weight is 226 g/mol. The van der Waals surface area contributed by atoms with E-state index in [1.54, 1.807) is 0 Å². The van der Waals surface area contributed by atoms with E-state index >= 15 is 0 Å². The summed E-state index contributed by atoms with van der Waals surface area (Å²) in [6.07, 6.45) is 0. The number of hydrogen-bond acceptors (Lipinski definition) is 2. The smallest absolute Gasteiger partial charge is 0.308 e. The molecular formula is C15H14O2. The first-order chi connectivity index (χ1) is 8.18. The molecule has 0 aliphatic rings. The molecule has 86 valence electrons. The quantitative estimate of drug-likeness (QED) is 0.578. The van der Waals surface area contributed by atoms with Crippen LogP contribution in [0.3, 0.4) is 0 Å². The Kier molecular flexibility index (Phi) is 3.24. The third kappa shape index (κ3) is 2.53. The van der Waals surface area contributed by atoms with E-state index in [2.05, 4.69) is 0 Å². The lowest BCUT2D eigenvalue weighted by Gasteiger charge is -2.11. The van der Waals surface area contributed by atoms with Crippen molar-refractivity contribution in [2.24, 2.45) is 0 Å². The number of hydrogen-bond donors (Lipinski definition) is 0. The standard InChI is InChI=1S/C15H14O2/c1-11-7-6-10-14(15(11)17-12(2)16)13-8-4-3-5-9-13/h3-10H,1-2H3. The zero-order chi connectivity index (χ0) is 12.3. The van der Waals surface area contributed by atoms with Crippen LogP contribution < -0.4 is 4.74 Å². The predicted octanol–water partition coefficient (Wildman–Crippen LogP) is 3.59. The van der Waals surface area contributed by atoms with Crippen LogP contribution in [0.15, 0.2) is 48.5 Å². The highest BCUT2D eigenvalue weighted by molar-refractivity contribution is 5.77. The zero-order valence-electron chi connectivity index (χ0n) is 9.94. The summed E-state index contributed by atoms with van der Waals surface area (Å²) in [6, 6.07) is 15.8. The first-order valence-electron chi connectivity index (χ1n) is 5.52. The van der Waals surface area contributed by atoms with E-state index in [1.807, 2.05) is 55.5 Å². The van der Waals surface area contributed by atoms with Gasteiger partial charge in [0, 0.05) is 12.5 Å². The first kappa shape index (κ1) is 11.4. The molecule has 0 amide bonds. The Morgan fingerprint density at radius 2 is 1.71 bits per heavy atom. The normalized spacial score (nSPS) is 10.0. The van der Waals surface area contributed by atoms with Crippen LogP contribution in [0.5, 0.6) is 5.75 Å². The Morgan fingerprint density at radius 3 is 2.35 bits per heavy atom. The summed E-state index contributed by atoms with van der Waals surface area (Å²) in [5, 5.41) is 0. The minimum absolute atomic E-state index is 0.295. The van der Waals surface area contributed by atoms with Crippen LogP contribution in [-0.2, 0) is 4.79 Å². The summed E-state index contributed by atoms with van der Waals surface area (Å²) < 4.78 is 5.29. The van der Waals surface area contributed by atoms with Crippen LogP contribution in [0.1, 0.15) is 12.5 Å². The van der Waals surface area contributed by atoms with Gasteiger partial charge in [-0.2, -0.15) is 0 Å². The van der Waals surface area contributed by atoms with Crippen molar-refractivity contribution in [1.82, 2.24) is 0 Å². The first-order valence-corrected chi connectivity index (χ1v) is 5.52. The van der Waals surface area contributed by atoms with Crippen molar-refractivity contribution >= 4 is 5.97 Å². The van der Waals surface area contributed by atoms with Gasteiger partial charge in [0.05, 0.1) is 0 Å². The molecular weight excluding hydrogens is 212 g/mol. The largest absolute Gasteiger partial charge is 0.426 e. The maximum Gasteiger partial charge on any atom is 0.308 e. The molecule has 0 heterocycles. The van der Waals surface area contributed by atoms with E-state index in [4.69, 9.17) is 4.74 Å². The monoisotopic (exact) mass is 226 g/mol. The topological polar surface area (TPSA) is 26.3 Å². The number of ether oxygens (including phenoxy) is 1. The number of carbonyl (C=O) groups is 1. The Hall–Kier alpha value is -2.09. The molecule has 0 N–H and O–H groups in total. The van der Waals surface area contributed by atoms with Crippen LogP contribution in [0, 0.1) is 6.92 Å². The maximum absolute atomic E-state index is 11.1. The molecule has 0 fully saturated rings. The van der Waals surface area contributed by atoms with Crippen LogP contribution in [-0.4, -0.2) is 5.97 Å². The summed E-state index contributed by atoms with van der Waals surface area (Å²) in [4.78, 5) is 11.1. The van der Waals surface area contributed by atoms with Gasteiger partial charge in [0.2, 0.25) is 0 Å². The molecule has 0 unspecified atom stereocenters. The molecule has 0 aromatic heterocycles. The molecule has 0 radical (unpaired) electrons. The molecule has 0 atom stereocenters. The van der Waals surface area contributed by atoms with E-state index in [1.165, 1.54) is 6.92 Å². The highest BCUT2D eigenvalue weighted by Crippen LogP contribution is 2.32. The molecule has 0 saturated carbocycles. The van der Waals surface area contributed by atoms with Crippen molar-refractivity contribution < 1.29 is 9.53 Å². The molecule has 2 heteroatoms. The van der Waals surface area contributed by atoms with Gasteiger partial charge in [0.1, 0.15) is 5.75 Å². The van der Waals surface area contributed by atoms with E-state index < -0.39 is 0 Å². The Morgan fingerprint density at radius 1 is 1.00 bits per heavy atom. The summed E-state index contributed by atoms with van der Waals surface area (Å²) in [6.45, 7) is 3.35. The second-order valence-corrected chi connectivity index (χ2v) is 3.91. The second-order valence-electron chi connectivity index (χ2n) is 3.91. The lowest BCUT2D eigenvalue weighted by atomic mass is 10.0. The van der Waals surface area contributed by atoms with Gasteiger partial charge in [-0.15, -0.1) is 0 Å². The van der Waals surface area contributed by atoms with Crippen molar-refractivity contribution in [1.29, 1.82) is 0 Å². The third-order valence-corrected chi connectivity index (χ3v) is 2.54. The van der Waals surface area contributed by atoms with Gasteiger partial charge in [-0.25, -0.2) is 0 Å². The third-order valence-electron chi connectivity index (χ3n) is 2.54. The molecule has 0 aliphatic heterocycles. The van der Waals surface area contributed by atoms with Gasteiger partial charge in [0.15, 0.2) is 0 Å². The minimum Gasteiger partial charge on any atom is -0.426 e. The number of carbonyl (C=O) groups excluding carboxylic acids is 1. The molecule has 2 nitrogen and oxygen atoms in total. The van der Waals surface area contributed by atoms with Crippen molar-refractivity contribution in [2.75, 3.05) is 0 Å². The van der Waals surface area contributed by atoms with Gasteiger partial charge in [-0.1, -0.05) is 48.5 Å². The van der Waals surface area contributed by atoms with Gasteiger partial charge in [-0.05, 0) is 18.1 Å². The Labute approximate surface area is 101 Å². The van der Waals surface area contributed by atoms with Crippen LogP contribution in [0.25, 0.3) is 11.1 Å². The molecule has 0 saturated heterocycles. The summed E-state index contributed by atoms with van der Waals surface area (Å²) in [7, 11) is 0. The second kappa shape index (κ2) is 4.83. The Balaban J connectivity index is 2.54. The lowest BCUT2D eigenvalue weighted by Crippen LogP contribution is -2.04. The maximum atomic E-state index is 11.1. The fourth-order valence-corrected chi connectivity index (χ4v) is 1.78. The minimum atomic E-state index is -0.295. The van der Waals surface area contributed by atoms with Crippen molar-refractivity contribution in [3.05, 3.63) is 54.1 Å². The van der Waals surface area contributed by atoms with Crippen LogP contribution in [0.4, 0.5) is 0 Å². The summed E-state index contributed by atoms with van der Waals surface area (Å²) in [5.74, 6) is 0.350. The highest BCUT2D eigenvalue weighted by atomic mass is 16.5. The van der Waals surface area contributed by atoms with Crippen LogP contribution in [0.2, 0.25) is 0 Å². The molecule has 0 spiro atoms. The fraction of sp³-hybridized carbons (Fsp3) is 0.133. The average Bonchev–Trinajstić information content (AvgIpc) is 2.32. The van der Waals surface area contributed by atoms with E-state index in [9.17, 15) is 4.79 Å². The van der Waals surface area contributed by atoms with E-state index in [-0.39, 0.29) is 5.97 Å². The molecule has 0 aliphatic carbocycles. The molecule has 2 aromatic rings. The predicted molar refractivity (Wildman–Crippen MR) is 67.9 cm³/mol. The number of benzene rings is 2. The molecule has 2 aromatic carbocycles. The van der Waals surface area contributed by atoms with Crippen molar-refractivity contribution in [3.63, 3.8) is 0 Å². The number of esters is 1. The SMILES string of the molecule is CC(=O)Oc1c(C)cccc1-c1ccccc1. The number of para-hydroxylation sites is 1. The molecule has 17 heavy (non-hydrogen) atoms.